The van der Waals surface area contributed by atoms with Gasteiger partial charge in [-0.1, -0.05) is 67.2 Å². The Bertz CT molecular complexity index is 623. The van der Waals surface area contributed by atoms with E-state index in [-0.39, 0.29) is 17.6 Å². The van der Waals surface area contributed by atoms with E-state index >= 15 is 0 Å². The molecule has 0 bridgehead atoms. The standard InChI is InChI=1S/C19H22O2S/c1-14-8-9-17(11-18(14)12-20)10-15(2)19(21)22-13-16-6-4-3-5-7-16/h3-9,11,15,20H,10,12-13H2,1-2H3. The van der Waals surface area contributed by atoms with Gasteiger partial charge in [-0.3, -0.25) is 4.79 Å². The smallest absolute Gasteiger partial charge is 0.192 e. The van der Waals surface area contributed by atoms with Crippen molar-refractivity contribution < 1.29 is 9.90 Å². The molecule has 3 heteroatoms. The number of hydrogen-bond acceptors (Lipinski definition) is 3. The van der Waals surface area contributed by atoms with Crippen molar-refractivity contribution in [2.75, 3.05) is 0 Å². The zero-order chi connectivity index (χ0) is 15.9. The van der Waals surface area contributed by atoms with E-state index in [0.29, 0.717) is 6.42 Å². The Labute approximate surface area is 136 Å². The minimum atomic E-state index is -0.0250. The van der Waals surface area contributed by atoms with Gasteiger partial charge in [0.2, 0.25) is 0 Å². The van der Waals surface area contributed by atoms with Crippen molar-refractivity contribution in [1.82, 2.24) is 0 Å². The third-order valence-electron chi connectivity index (χ3n) is 3.75. The first-order chi connectivity index (χ1) is 10.6. The highest BCUT2D eigenvalue weighted by atomic mass is 32.2. The highest BCUT2D eigenvalue weighted by Crippen LogP contribution is 2.21. The highest BCUT2D eigenvalue weighted by Gasteiger charge is 2.15. The van der Waals surface area contributed by atoms with Crippen LogP contribution in [-0.2, 0) is 23.6 Å². The highest BCUT2D eigenvalue weighted by molar-refractivity contribution is 8.13. The van der Waals surface area contributed by atoms with Gasteiger partial charge in [0.1, 0.15) is 0 Å². The lowest BCUT2D eigenvalue weighted by atomic mass is 9.98. The molecule has 0 aliphatic carbocycles. The normalized spacial score (nSPS) is 12.1. The van der Waals surface area contributed by atoms with E-state index in [1.165, 1.54) is 17.3 Å². The zero-order valence-corrected chi connectivity index (χ0v) is 13.9. The Morgan fingerprint density at radius 2 is 1.86 bits per heavy atom. The summed E-state index contributed by atoms with van der Waals surface area (Å²) in [6.07, 6.45) is 0.716. The number of benzene rings is 2. The van der Waals surface area contributed by atoms with Crippen LogP contribution in [0.3, 0.4) is 0 Å². The monoisotopic (exact) mass is 314 g/mol. The van der Waals surface area contributed by atoms with Gasteiger partial charge in [0, 0.05) is 11.7 Å². The molecule has 2 aromatic rings. The van der Waals surface area contributed by atoms with E-state index in [1.807, 2.05) is 62.4 Å². The van der Waals surface area contributed by atoms with Gasteiger partial charge >= 0.3 is 0 Å². The number of carbonyl (C=O) groups is 1. The van der Waals surface area contributed by atoms with Gasteiger partial charge in [0.25, 0.3) is 0 Å². The number of aliphatic hydroxyl groups is 1. The van der Waals surface area contributed by atoms with E-state index in [2.05, 4.69) is 0 Å². The fourth-order valence-corrected chi connectivity index (χ4v) is 3.20. The second-order valence-electron chi connectivity index (χ2n) is 5.62. The molecule has 0 saturated carbocycles. The quantitative estimate of drug-likeness (QED) is 0.871. The summed E-state index contributed by atoms with van der Waals surface area (Å²) in [7, 11) is 0. The molecule has 2 aromatic carbocycles. The van der Waals surface area contributed by atoms with E-state index in [1.54, 1.807) is 0 Å². The largest absolute Gasteiger partial charge is 0.392 e. The average molecular weight is 314 g/mol. The molecule has 22 heavy (non-hydrogen) atoms. The van der Waals surface area contributed by atoms with Crippen molar-refractivity contribution in [1.29, 1.82) is 0 Å². The van der Waals surface area contributed by atoms with Gasteiger partial charge < -0.3 is 5.11 Å². The van der Waals surface area contributed by atoms with Crippen molar-refractivity contribution >= 4 is 16.9 Å². The molecule has 1 N–H and O–H groups in total. The molecule has 0 fully saturated rings. The maximum Gasteiger partial charge on any atom is 0.192 e. The second kappa shape index (κ2) is 8.16. The molecular weight excluding hydrogens is 292 g/mol. The van der Waals surface area contributed by atoms with Crippen molar-refractivity contribution in [3.63, 3.8) is 0 Å². The van der Waals surface area contributed by atoms with Crippen molar-refractivity contribution in [3.05, 3.63) is 70.8 Å². The summed E-state index contributed by atoms with van der Waals surface area (Å²) in [5.41, 5.74) is 4.31. The summed E-state index contributed by atoms with van der Waals surface area (Å²) < 4.78 is 0. The maximum absolute atomic E-state index is 12.3. The predicted molar refractivity (Wildman–Crippen MR) is 92.7 cm³/mol. The summed E-state index contributed by atoms with van der Waals surface area (Å²) in [4.78, 5) is 12.3. The molecule has 0 heterocycles. The van der Waals surface area contributed by atoms with Crippen LogP contribution >= 0.6 is 11.8 Å². The third kappa shape index (κ3) is 4.72. The topological polar surface area (TPSA) is 37.3 Å². The van der Waals surface area contributed by atoms with Crippen LogP contribution in [0.4, 0.5) is 0 Å². The summed E-state index contributed by atoms with van der Waals surface area (Å²) in [6, 6.07) is 16.1. The van der Waals surface area contributed by atoms with Gasteiger partial charge in [-0.15, -0.1) is 0 Å². The molecule has 2 nitrogen and oxygen atoms in total. The van der Waals surface area contributed by atoms with Gasteiger partial charge in [0.05, 0.1) is 6.61 Å². The van der Waals surface area contributed by atoms with Gasteiger partial charge in [-0.25, -0.2) is 0 Å². The van der Waals surface area contributed by atoms with Crippen molar-refractivity contribution in [2.45, 2.75) is 32.6 Å². The Balaban J connectivity index is 1.91. The van der Waals surface area contributed by atoms with E-state index in [9.17, 15) is 9.90 Å². The summed E-state index contributed by atoms with van der Waals surface area (Å²) in [5, 5.41) is 9.54. The molecule has 0 aliphatic heterocycles. The Hall–Kier alpha value is -1.58. The molecule has 0 aliphatic rings. The van der Waals surface area contributed by atoms with Crippen LogP contribution < -0.4 is 0 Å². The number of hydrogen-bond donors (Lipinski definition) is 1. The molecule has 0 radical (unpaired) electrons. The molecule has 2 rings (SSSR count). The van der Waals surface area contributed by atoms with Gasteiger partial charge in [-0.05, 0) is 35.6 Å². The van der Waals surface area contributed by atoms with Crippen LogP contribution in [0.2, 0.25) is 0 Å². The Morgan fingerprint density at radius 1 is 1.14 bits per heavy atom. The minimum absolute atomic E-state index is 0.0250. The van der Waals surface area contributed by atoms with Crippen molar-refractivity contribution in [3.8, 4) is 0 Å². The molecule has 1 unspecified atom stereocenters. The number of thioether (sulfide) groups is 1. The lowest BCUT2D eigenvalue weighted by molar-refractivity contribution is -0.113. The van der Waals surface area contributed by atoms with E-state index in [0.717, 1.165) is 22.4 Å². The number of aryl methyl sites for hydroxylation is 1. The van der Waals surface area contributed by atoms with Crippen LogP contribution in [0, 0.1) is 12.8 Å². The molecule has 0 amide bonds. The molecule has 0 spiro atoms. The van der Waals surface area contributed by atoms with Crippen molar-refractivity contribution in [2.24, 2.45) is 5.92 Å². The molecule has 1 atom stereocenters. The Kier molecular flexibility index (Phi) is 6.22. The van der Waals surface area contributed by atoms with Crippen LogP contribution in [0.25, 0.3) is 0 Å². The van der Waals surface area contributed by atoms with E-state index < -0.39 is 0 Å². The molecular formula is C19H22O2S. The lowest BCUT2D eigenvalue weighted by Crippen LogP contribution is -2.10. The van der Waals surface area contributed by atoms with Gasteiger partial charge in [0.15, 0.2) is 5.12 Å². The van der Waals surface area contributed by atoms with E-state index in [4.69, 9.17) is 0 Å². The first kappa shape index (κ1) is 16.8. The van der Waals surface area contributed by atoms with Gasteiger partial charge in [-0.2, -0.15) is 0 Å². The van der Waals surface area contributed by atoms with Crippen LogP contribution in [0.15, 0.2) is 48.5 Å². The molecule has 116 valence electrons. The second-order valence-corrected chi connectivity index (χ2v) is 6.60. The lowest BCUT2D eigenvalue weighted by Gasteiger charge is -2.12. The van der Waals surface area contributed by atoms with Crippen LogP contribution in [0.5, 0.6) is 0 Å². The number of aliphatic hydroxyl groups excluding tert-OH is 1. The fraction of sp³-hybridized carbons (Fsp3) is 0.316. The summed E-state index contributed by atoms with van der Waals surface area (Å²) in [5.74, 6) is 0.697. The van der Waals surface area contributed by atoms with Crippen LogP contribution in [-0.4, -0.2) is 10.2 Å². The predicted octanol–water partition coefficient (Wildman–Crippen LogP) is 4.13. The Morgan fingerprint density at radius 3 is 2.55 bits per heavy atom. The third-order valence-corrected chi connectivity index (χ3v) is 4.92. The first-order valence-corrected chi connectivity index (χ1v) is 8.48. The zero-order valence-electron chi connectivity index (χ0n) is 13.1. The number of rotatable bonds is 6. The fourth-order valence-electron chi connectivity index (χ4n) is 2.33. The SMILES string of the molecule is Cc1ccc(CC(C)C(=O)SCc2ccccc2)cc1CO. The maximum atomic E-state index is 12.3. The molecule has 0 saturated heterocycles. The summed E-state index contributed by atoms with van der Waals surface area (Å²) >= 11 is 1.38. The first-order valence-electron chi connectivity index (χ1n) is 7.50. The number of carbonyl (C=O) groups excluding carboxylic acids is 1. The van der Waals surface area contributed by atoms with Crippen LogP contribution in [0.1, 0.15) is 29.2 Å². The average Bonchev–Trinajstić information content (AvgIpc) is 2.55. The minimum Gasteiger partial charge on any atom is -0.392 e. The summed E-state index contributed by atoms with van der Waals surface area (Å²) in [6.45, 7) is 4.00. The molecule has 0 aromatic heterocycles.